The molecule has 0 aromatic carbocycles. The van der Waals surface area contributed by atoms with Crippen molar-refractivity contribution in [2.24, 2.45) is 5.92 Å². The van der Waals surface area contributed by atoms with Crippen molar-refractivity contribution in [1.82, 2.24) is 10.2 Å². The molecule has 0 aromatic heterocycles. The van der Waals surface area contributed by atoms with Gasteiger partial charge in [0.2, 0.25) is 5.91 Å². The monoisotopic (exact) mass is 196 g/mol. The third kappa shape index (κ3) is 1.92. The summed E-state index contributed by atoms with van der Waals surface area (Å²) in [6, 6.07) is 1.23. The molecule has 2 fully saturated rings. The summed E-state index contributed by atoms with van der Waals surface area (Å²) >= 11 is 0. The summed E-state index contributed by atoms with van der Waals surface area (Å²) in [5.41, 5.74) is 0. The molecule has 80 valence electrons. The van der Waals surface area contributed by atoms with E-state index in [-0.39, 0.29) is 5.92 Å². The Kier molecular flexibility index (Phi) is 2.77. The van der Waals surface area contributed by atoms with Crippen molar-refractivity contribution in [2.45, 2.75) is 45.2 Å². The van der Waals surface area contributed by atoms with Crippen LogP contribution in [-0.2, 0) is 4.79 Å². The van der Waals surface area contributed by atoms with Crippen LogP contribution >= 0.6 is 0 Å². The number of hydrogen-bond donors (Lipinski definition) is 1. The molecule has 3 nitrogen and oxygen atoms in total. The molecule has 2 aliphatic rings. The van der Waals surface area contributed by atoms with Crippen molar-refractivity contribution in [1.29, 1.82) is 0 Å². The highest BCUT2D eigenvalue weighted by atomic mass is 16.2. The molecule has 2 rings (SSSR count). The molecule has 2 aliphatic heterocycles. The molecule has 3 heteroatoms. The Morgan fingerprint density at radius 2 is 2.00 bits per heavy atom. The molecule has 0 aliphatic carbocycles. The Morgan fingerprint density at radius 1 is 1.29 bits per heavy atom. The number of carbonyl (C=O) groups excluding carboxylic acids is 1. The second-order valence-electron chi connectivity index (χ2n) is 4.87. The van der Waals surface area contributed by atoms with E-state index in [0.717, 1.165) is 19.5 Å². The van der Waals surface area contributed by atoms with Crippen LogP contribution in [0.2, 0.25) is 0 Å². The first kappa shape index (κ1) is 9.97. The number of likely N-dealkylation sites (tertiary alicyclic amines) is 1. The summed E-state index contributed by atoms with van der Waals surface area (Å²) in [5, 5.41) is 3.58. The second-order valence-corrected chi connectivity index (χ2v) is 4.87. The molecule has 14 heavy (non-hydrogen) atoms. The summed E-state index contributed by atoms with van der Waals surface area (Å²) in [6.07, 6.45) is 3.68. The summed E-state index contributed by atoms with van der Waals surface area (Å²) in [7, 11) is 0. The van der Waals surface area contributed by atoms with Crippen molar-refractivity contribution < 1.29 is 4.79 Å². The summed E-state index contributed by atoms with van der Waals surface area (Å²) in [6.45, 7) is 5.84. The van der Waals surface area contributed by atoms with E-state index in [1.807, 2.05) is 18.7 Å². The maximum Gasteiger partial charge on any atom is 0.225 e. The van der Waals surface area contributed by atoms with Gasteiger partial charge in [0.15, 0.2) is 0 Å². The standard InChI is InChI=1S/C11H20N2O/c1-8(2)11(14)13-6-5-9-3-4-10(7-13)12-9/h8-10,12H,3-7H2,1-2H3. The molecule has 0 aromatic rings. The number of rotatable bonds is 1. The van der Waals surface area contributed by atoms with Crippen LogP contribution in [0.15, 0.2) is 0 Å². The van der Waals surface area contributed by atoms with Crippen molar-refractivity contribution in [3.63, 3.8) is 0 Å². The topological polar surface area (TPSA) is 32.3 Å². The Labute approximate surface area is 85.8 Å². The average molecular weight is 196 g/mol. The highest BCUT2D eigenvalue weighted by molar-refractivity contribution is 5.78. The van der Waals surface area contributed by atoms with Gasteiger partial charge >= 0.3 is 0 Å². The molecule has 2 heterocycles. The van der Waals surface area contributed by atoms with Gasteiger partial charge in [-0.05, 0) is 19.3 Å². The molecule has 2 atom stereocenters. The Bertz CT molecular complexity index is 227. The fourth-order valence-electron chi connectivity index (χ4n) is 2.51. The molecular formula is C11H20N2O. The van der Waals surface area contributed by atoms with E-state index in [4.69, 9.17) is 0 Å². The van der Waals surface area contributed by atoms with Crippen molar-refractivity contribution in [3.8, 4) is 0 Å². The second kappa shape index (κ2) is 3.89. The van der Waals surface area contributed by atoms with Gasteiger partial charge in [0.05, 0.1) is 0 Å². The normalized spacial score (nSPS) is 32.1. The lowest BCUT2D eigenvalue weighted by Gasteiger charge is -2.25. The lowest BCUT2D eigenvalue weighted by molar-refractivity contribution is -0.134. The SMILES string of the molecule is CC(C)C(=O)N1CCC2CCC(C1)N2. The van der Waals surface area contributed by atoms with E-state index < -0.39 is 0 Å². The van der Waals surface area contributed by atoms with Gasteiger partial charge in [0.25, 0.3) is 0 Å². The Morgan fingerprint density at radius 3 is 2.71 bits per heavy atom. The number of nitrogens with zero attached hydrogens (tertiary/aromatic N) is 1. The van der Waals surface area contributed by atoms with Gasteiger partial charge in [-0.2, -0.15) is 0 Å². The number of hydrogen-bond acceptors (Lipinski definition) is 2. The highest BCUT2D eigenvalue weighted by Gasteiger charge is 2.31. The minimum absolute atomic E-state index is 0.145. The van der Waals surface area contributed by atoms with E-state index >= 15 is 0 Å². The lowest BCUT2D eigenvalue weighted by Crippen LogP contribution is -2.40. The number of nitrogens with one attached hydrogen (secondary N) is 1. The van der Waals surface area contributed by atoms with Gasteiger partial charge in [0, 0.05) is 31.1 Å². The summed E-state index contributed by atoms with van der Waals surface area (Å²) in [4.78, 5) is 13.9. The molecule has 2 bridgehead atoms. The predicted molar refractivity (Wildman–Crippen MR) is 56.0 cm³/mol. The maximum atomic E-state index is 11.8. The van der Waals surface area contributed by atoms with E-state index in [2.05, 4.69) is 5.32 Å². The van der Waals surface area contributed by atoms with E-state index in [9.17, 15) is 4.79 Å². The molecule has 0 spiro atoms. The fourth-order valence-corrected chi connectivity index (χ4v) is 2.51. The quantitative estimate of drug-likeness (QED) is 0.678. The van der Waals surface area contributed by atoms with Crippen molar-refractivity contribution in [3.05, 3.63) is 0 Å². The minimum Gasteiger partial charge on any atom is -0.341 e. The number of carbonyl (C=O) groups is 1. The predicted octanol–water partition coefficient (Wildman–Crippen LogP) is 0.995. The Balaban J connectivity index is 1.98. The van der Waals surface area contributed by atoms with Crippen LogP contribution in [-0.4, -0.2) is 36.0 Å². The summed E-state index contributed by atoms with van der Waals surface area (Å²) < 4.78 is 0. The molecule has 2 saturated heterocycles. The number of amides is 1. The molecule has 1 N–H and O–H groups in total. The van der Waals surface area contributed by atoms with Gasteiger partial charge < -0.3 is 10.2 Å². The molecule has 0 saturated carbocycles. The van der Waals surface area contributed by atoms with Gasteiger partial charge in [-0.25, -0.2) is 0 Å². The first-order valence-corrected chi connectivity index (χ1v) is 5.71. The zero-order valence-electron chi connectivity index (χ0n) is 9.12. The van der Waals surface area contributed by atoms with Gasteiger partial charge in [0.1, 0.15) is 0 Å². The molecule has 0 radical (unpaired) electrons. The molecular weight excluding hydrogens is 176 g/mol. The zero-order chi connectivity index (χ0) is 10.1. The fraction of sp³-hybridized carbons (Fsp3) is 0.909. The van der Waals surface area contributed by atoms with E-state index in [1.54, 1.807) is 0 Å². The third-order valence-electron chi connectivity index (χ3n) is 3.33. The van der Waals surface area contributed by atoms with E-state index in [1.165, 1.54) is 12.8 Å². The molecule has 1 amide bonds. The van der Waals surface area contributed by atoms with Crippen molar-refractivity contribution in [2.75, 3.05) is 13.1 Å². The van der Waals surface area contributed by atoms with Crippen LogP contribution in [0.25, 0.3) is 0 Å². The largest absolute Gasteiger partial charge is 0.341 e. The lowest BCUT2D eigenvalue weighted by atomic mass is 10.1. The van der Waals surface area contributed by atoms with Crippen molar-refractivity contribution >= 4 is 5.91 Å². The maximum absolute atomic E-state index is 11.8. The molecule has 2 unspecified atom stereocenters. The first-order chi connectivity index (χ1) is 6.66. The Hall–Kier alpha value is -0.570. The number of fused-ring (bicyclic) bond motifs is 2. The zero-order valence-corrected chi connectivity index (χ0v) is 9.12. The van der Waals surface area contributed by atoms with Crippen LogP contribution in [0, 0.1) is 5.92 Å². The van der Waals surface area contributed by atoms with Gasteiger partial charge in [-0.1, -0.05) is 13.8 Å². The van der Waals surface area contributed by atoms with Gasteiger partial charge in [-0.3, -0.25) is 4.79 Å². The summed E-state index contributed by atoms with van der Waals surface area (Å²) in [5.74, 6) is 0.464. The smallest absolute Gasteiger partial charge is 0.225 e. The van der Waals surface area contributed by atoms with Crippen LogP contribution < -0.4 is 5.32 Å². The minimum atomic E-state index is 0.145. The highest BCUT2D eigenvalue weighted by Crippen LogP contribution is 2.21. The van der Waals surface area contributed by atoms with E-state index in [0.29, 0.717) is 18.0 Å². The van der Waals surface area contributed by atoms with Crippen LogP contribution in [0.5, 0.6) is 0 Å². The third-order valence-corrected chi connectivity index (χ3v) is 3.33. The van der Waals surface area contributed by atoms with Crippen LogP contribution in [0.3, 0.4) is 0 Å². The van der Waals surface area contributed by atoms with Crippen LogP contribution in [0.4, 0.5) is 0 Å². The first-order valence-electron chi connectivity index (χ1n) is 5.71. The van der Waals surface area contributed by atoms with Crippen LogP contribution in [0.1, 0.15) is 33.1 Å². The average Bonchev–Trinajstić information content (AvgIpc) is 2.45. The van der Waals surface area contributed by atoms with Gasteiger partial charge in [-0.15, -0.1) is 0 Å².